The number of rotatable bonds is 6. The summed E-state index contributed by atoms with van der Waals surface area (Å²) in [5, 5.41) is 2.66. The van der Waals surface area contributed by atoms with Crippen LogP contribution >= 0.6 is 0 Å². The third-order valence-electron chi connectivity index (χ3n) is 4.42. The first-order valence-electron chi connectivity index (χ1n) is 8.99. The zero-order valence-corrected chi connectivity index (χ0v) is 15.6. The molecule has 0 fully saturated rings. The Bertz CT molecular complexity index is 901. The van der Waals surface area contributed by atoms with Gasteiger partial charge in [-0.3, -0.25) is 19.3 Å². The Balaban J connectivity index is 1.67. The van der Waals surface area contributed by atoms with Crippen LogP contribution in [0.2, 0.25) is 0 Å². The fourth-order valence-electron chi connectivity index (χ4n) is 2.89. The number of carbonyl (C=O) groups excluding carboxylic acids is 4. The van der Waals surface area contributed by atoms with Gasteiger partial charge in [0, 0.05) is 5.69 Å². The van der Waals surface area contributed by atoms with Crippen LogP contribution in [0, 0.1) is 0 Å². The average molecular weight is 380 g/mol. The summed E-state index contributed by atoms with van der Waals surface area (Å²) in [5.41, 5.74) is 1.41. The van der Waals surface area contributed by atoms with Crippen molar-refractivity contribution in [3.05, 3.63) is 65.2 Å². The maximum absolute atomic E-state index is 12.6. The molecular formula is C21H20N2O5. The van der Waals surface area contributed by atoms with Crippen LogP contribution in [-0.2, 0) is 9.53 Å². The lowest BCUT2D eigenvalue weighted by atomic mass is 10.1. The molecule has 0 saturated heterocycles. The molecule has 1 heterocycles. The maximum Gasteiger partial charge on any atom is 0.338 e. The molecule has 3 rings (SSSR count). The summed E-state index contributed by atoms with van der Waals surface area (Å²) in [4.78, 5) is 50.3. The highest BCUT2D eigenvalue weighted by atomic mass is 16.5. The molecule has 1 aliphatic rings. The van der Waals surface area contributed by atoms with E-state index in [1.165, 1.54) is 6.92 Å². The zero-order valence-electron chi connectivity index (χ0n) is 15.6. The first kappa shape index (κ1) is 19.3. The van der Waals surface area contributed by atoms with Crippen molar-refractivity contribution in [1.29, 1.82) is 0 Å². The highest BCUT2D eigenvalue weighted by Gasteiger charge is 2.40. The highest BCUT2D eigenvalue weighted by molar-refractivity contribution is 6.23. The Labute approximate surface area is 162 Å². The SMILES string of the molecule is CCCOC(=O)c1ccc(NC(=O)C(C)N2C(=O)c3ccccc3C2=O)cc1. The Morgan fingerprint density at radius 3 is 2.11 bits per heavy atom. The van der Waals surface area contributed by atoms with E-state index in [9.17, 15) is 19.2 Å². The molecular weight excluding hydrogens is 360 g/mol. The second kappa shape index (κ2) is 8.04. The van der Waals surface area contributed by atoms with Crippen LogP contribution in [-0.4, -0.2) is 41.2 Å². The number of imide groups is 1. The maximum atomic E-state index is 12.6. The molecule has 7 heteroatoms. The summed E-state index contributed by atoms with van der Waals surface area (Å²) in [7, 11) is 0. The van der Waals surface area contributed by atoms with E-state index >= 15 is 0 Å². The minimum absolute atomic E-state index is 0.294. The topological polar surface area (TPSA) is 92.8 Å². The standard InChI is InChI=1S/C21H20N2O5/c1-3-12-28-21(27)14-8-10-15(11-9-14)22-18(24)13(2)23-19(25)16-6-4-5-7-17(16)20(23)26/h4-11,13H,3,12H2,1-2H3,(H,22,24). The summed E-state index contributed by atoms with van der Waals surface area (Å²) in [6.45, 7) is 3.74. The number of fused-ring (bicyclic) bond motifs is 1. The van der Waals surface area contributed by atoms with Crippen LogP contribution in [0.15, 0.2) is 48.5 Å². The second-order valence-corrected chi connectivity index (χ2v) is 6.40. The molecule has 1 atom stereocenters. The number of nitrogens with zero attached hydrogens (tertiary/aromatic N) is 1. The van der Waals surface area contributed by atoms with E-state index in [2.05, 4.69) is 5.32 Å². The van der Waals surface area contributed by atoms with Crippen LogP contribution in [0.5, 0.6) is 0 Å². The minimum atomic E-state index is -0.985. The monoisotopic (exact) mass is 380 g/mol. The molecule has 0 aliphatic carbocycles. The van der Waals surface area contributed by atoms with Crippen LogP contribution in [0.25, 0.3) is 0 Å². The molecule has 0 aromatic heterocycles. The Morgan fingerprint density at radius 2 is 1.57 bits per heavy atom. The fourth-order valence-corrected chi connectivity index (χ4v) is 2.89. The van der Waals surface area contributed by atoms with Crippen molar-refractivity contribution < 1.29 is 23.9 Å². The lowest BCUT2D eigenvalue weighted by molar-refractivity contribution is -0.119. The molecule has 2 aromatic rings. The minimum Gasteiger partial charge on any atom is -0.462 e. The molecule has 0 saturated carbocycles. The van der Waals surface area contributed by atoms with Gasteiger partial charge >= 0.3 is 5.97 Å². The molecule has 1 N–H and O–H groups in total. The van der Waals surface area contributed by atoms with Gasteiger partial charge in [-0.15, -0.1) is 0 Å². The second-order valence-electron chi connectivity index (χ2n) is 6.40. The van der Waals surface area contributed by atoms with Gasteiger partial charge in [0.05, 0.1) is 23.3 Å². The smallest absolute Gasteiger partial charge is 0.338 e. The molecule has 1 unspecified atom stereocenters. The third kappa shape index (κ3) is 3.64. The van der Waals surface area contributed by atoms with Gasteiger partial charge in [0.2, 0.25) is 5.91 Å². The van der Waals surface area contributed by atoms with Crippen LogP contribution in [0.3, 0.4) is 0 Å². The Hall–Kier alpha value is -3.48. The van der Waals surface area contributed by atoms with Gasteiger partial charge in [-0.25, -0.2) is 4.79 Å². The number of esters is 1. The number of hydrogen-bond donors (Lipinski definition) is 1. The summed E-state index contributed by atoms with van der Waals surface area (Å²) in [5.74, 6) is -1.91. The summed E-state index contributed by atoms with van der Waals surface area (Å²) in [6, 6.07) is 11.7. The first-order valence-corrected chi connectivity index (χ1v) is 8.99. The van der Waals surface area contributed by atoms with Gasteiger partial charge in [-0.05, 0) is 49.7 Å². The lowest BCUT2D eigenvalue weighted by Crippen LogP contribution is -2.45. The van der Waals surface area contributed by atoms with Crippen molar-refractivity contribution in [3.8, 4) is 0 Å². The van der Waals surface area contributed by atoms with Crippen molar-refractivity contribution in [2.24, 2.45) is 0 Å². The van der Waals surface area contributed by atoms with Crippen molar-refractivity contribution >= 4 is 29.4 Å². The normalized spacial score (nSPS) is 13.9. The Kier molecular flexibility index (Phi) is 5.54. The highest BCUT2D eigenvalue weighted by Crippen LogP contribution is 2.25. The van der Waals surface area contributed by atoms with Crippen LogP contribution in [0.4, 0.5) is 5.69 Å². The molecule has 7 nitrogen and oxygen atoms in total. The molecule has 1 aliphatic heterocycles. The lowest BCUT2D eigenvalue weighted by Gasteiger charge is -2.21. The van der Waals surface area contributed by atoms with E-state index in [-0.39, 0.29) is 0 Å². The summed E-state index contributed by atoms with van der Waals surface area (Å²) >= 11 is 0. The van der Waals surface area contributed by atoms with Gasteiger partial charge in [0.15, 0.2) is 0 Å². The van der Waals surface area contributed by atoms with Crippen molar-refractivity contribution in [2.45, 2.75) is 26.3 Å². The fraction of sp³-hybridized carbons (Fsp3) is 0.238. The van der Waals surface area contributed by atoms with Crippen molar-refractivity contribution in [2.75, 3.05) is 11.9 Å². The van der Waals surface area contributed by atoms with E-state index in [1.54, 1.807) is 48.5 Å². The van der Waals surface area contributed by atoms with E-state index in [4.69, 9.17) is 4.74 Å². The number of hydrogen-bond acceptors (Lipinski definition) is 5. The van der Waals surface area contributed by atoms with Gasteiger partial charge in [-0.1, -0.05) is 19.1 Å². The van der Waals surface area contributed by atoms with E-state index < -0.39 is 29.7 Å². The summed E-state index contributed by atoms with van der Waals surface area (Å²) < 4.78 is 5.05. The van der Waals surface area contributed by atoms with Crippen LogP contribution < -0.4 is 5.32 Å². The Morgan fingerprint density at radius 1 is 1.00 bits per heavy atom. The number of carbonyl (C=O) groups is 4. The molecule has 28 heavy (non-hydrogen) atoms. The summed E-state index contributed by atoms with van der Waals surface area (Å²) in [6.07, 6.45) is 0.732. The predicted molar refractivity (Wildman–Crippen MR) is 102 cm³/mol. The number of benzene rings is 2. The van der Waals surface area contributed by atoms with Gasteiger partial charge in [-0.2, -0.15) is 0 Å². The molecule has 0 radical (unpaired) electrons. The molecule has 0 bridgehead atoms. The predicted octanol–water partition coefficient (Wildman–Crippen LogP) is 2.88. The average Bonchev–Trinajstić information content (AvgIpc) is 2.96. The molecule has 144 valence electrons. The number of nitrogens with one attached hydrogen (secondary N) is 1. The van der Waals surface area contributed by atoms with E-state index in [0.29, 0.717) is 29.0 Å². The largest absolute Gasteiger partial charge is 0.462 e. The molecule has 0 spiro atoms. The molecule has 3 amide bonds. The van der Waals surface area contributed by atoms with Crippen LogP contribution in [0.1, 0.15) is 51.3 Å². The van der Waals surface area contributed by atoms with E-state index in [0.717, 1.165) is 11.3 Å². The van der Waals surface area contributed by atoms with Gasteiger partial charge < -0.3 is 10.1 Å². The van der Waals surface area contributed by atoms with Crippen molar-refractivity contribution in [3.63, 3.8) is 0 Å². The third-order valence-corrected chi connectivity index (χ3v) is 4.42. The van der Waals surface area contributed by atoms with E-state index in [1.807, 2.05) is 6.92 Å². The van der Waals surface area contributed by atoms with Gasteiger partial charge in [0.25, 0.3) is 11.8 Å². The quantitative estimate of drug-likeness (QED) is 0.614. The van der Waals surface area contributed by atoms with Gasteiger partial charge in [0.1, 0.15) is 6.04 Å². The molecule has 2 aromatic carbocycles. The number of amides is 3. The number of ether oxygens (including phenoxy) is 1. The number of anilines is 1. The van der Waals surface area contributed by atoms with Crippen molar-refractivity contribution in [1.82, 2.24) is 4.90 Å². The first-order chi connectivity index (χ1) is 13.4. The zero-order chi connectivity index (χ0) is 20.3.